The van der Waals surface area contributed by atoms with Gasteiger partial charge in [0.05, 0.1) is 0 Å². The van der Waals surface area contributed by atoms with Crippen molar-refractivity contribution in [1.82, 2.24) is 10.7 Å². The van der Waals surface area contributed by atoms with Gasteiger partial charge in [-0.2, -0.15) is 0 Å². The van der Waals surface area contributed by atoms with Gasteiger partial charge in [0.1, 0.15) is 0 Å². The molecule has 8 heteroatoms. The number of halogens is 2. The molecule has 0 aromatic heterocycles. The van der Waals surface area contributed by atoms with E-state index < -0.39 is 12.1 Å². The Bertz CT molecular complexity index is 1190. The van der Waals surface area contributed by atoms with Crippen molar-refractivity contribution >= 4 is 46.9 Å². The number of nitrogens with zero attached hydrogens (tertiary/aromatic N) is 2. The molecule has 168 valence electrons. The Morgan fingerprint density at radius 2 is 1.52 bits per heavy atom. The van der Waals surface area contributed by atoms with Gasteiger partial charge in [0, 0.05) is 46.5 Å². The molecule has 0 aliphatic carbocycles. The van der Waals surface area contributed by atoms with Crippen molar-refractivity contribution in [3.05, 3.63) is 99.5 Å². The second-order valence-electron chi connectivity index (χ2n) is 7.95. The third-order valence-corrected chi connectivity index (χ3v) is 5.94. The second kappa shape index (κ2) is 9.65. The highest BCUT2D eigenvalue weighted by Gasteiger charge is 2.47. The molecule has 1 fully saturated rings. The minimum absolute atomic E-state index is 0.307. The highest BCUT2D eigenvalue weighted by atomic mass is 35.5. The van der Waals surface area contributed by atoms with E-state index in [1.807, 2.05) is 61.6 Å². The number of carbonyl (C=O) groups excluding carboxylic acids is 2. The van der Waals surface area contributed by atoms with Crippen LogP contribution in [-0.4, -0.2) is 42.9 Å². The summed E-state index contributed by atoms with van der Waals surface area (Å²) in [5.41, 5.74) is 6.11. The number of hydrazone groups is 1. The number of hydrogen-bond donors (Lipinski definition) is 2. The smallest absolute Gasteiger partial charge is 0.304 e. The molecular weight excluding hydrogens is 459 g/mol. The first-order valence-corrected chi connectivity index (χ1v) is 11.1. The molecule has 0 spiro atoms. The number of nitrogens with one attached hydrogen (secondary N) is 2. The van der Waals surface area contributed by atoms with Crippen LogP contribution >= 0.6 is 23.2 Å². The molecule has 0 saturated carbocycles. The number of carbonyl (C=O) groups is 2. The van der Waals surface area contributed by atoms with Gasteiger partial charge in [-0.05, 0) is 60.7 Å². The maximum atomic E-state index is 12.9. The molecule has 0 radical (unpaired) electrons. The minimum Gasteiger partial charge on any atom is -0.378 e. The molecule has 0 unspecified atom stereocenters. The molecule has 1 aliphatic rings. The lowest BCUT2D eigenvalue weighted by atomic mass is 9.99. The Morgan fingerprint density at radius 3 is 2.09 bits per heavy atom. The fraction of sp³-hybridized carbons (Fsp3) is 0.160. The van der Waals surface area contributed by atoms with Crippen molar-refractivity contribution in [2.75, 3.05) is 19.0 Å². The summed E-state index contributed by atoms with van der Waals surface area (Å²) in [6.07, 6.45) is 1.85. The molecule has 1 saturated heterocycles. The van der Waals surface area contributed by atoms with E-state index >= 15 is 0 Å². The largest absolute Gasteiger partial charge is 0.378 e. The van der Waals surface area contributed by atoms with Crippen molar-refractivity contribution in [2.45, 2.75) is 12.1 Å². The quantitative estimate of drug-likeness (QED) is 0.539. The van der Waals surface area contributed by atoms with E-state index in [0.29, 0.717) is 15.6 Å². The van der Waals surface area contributed by atoms with E-state index in [0.717, 1.165) is 16.8 Å². The molecular formula is C25H23Cl2N4O2+. The molecule has 6 nitrogen and oxygen atoms in total. The van der Waals surface area contributed by atoms with Crippen LogP contribution in [0.3, 0.4) is 0 Å². The molecule has 1 aliphatic heterocycles. The first kappa shape index (κ1) is 22.8. The van der Waals surface area contributed by atoms with Gasteiger partial charge < -0.3 is 10.2 Å². The zero-order valence-corrected chi connectivity index (χ0v) is 19.6. The summed E-state index contributed by atoms with van der Waals surface area (Å²) in [4.78, 5) is 27.8. The van der Waals surface area contributed by atoms with E-state index in [1.165, 1.54) is 0 Å². The Kier molecular flexibility index (Phi) is 6.67. The van der Waals surface area contributed by atoms with Gasteiger partial charge in [0.2, 0.25) is 12.3 Å². The molecule has 3 aromatic carbocycles. The molecule has 1 heterocycles. The predicted molar refractivity (Wildman–Crippen MR) is 131 cm³/mol. The highest BCUT2D eigenvalue weighted by Crippen LogP contribution is 2.27. The van der Waals surface area contributed by atoms with Gasteiger partial charge in [-0.25, -0.2) is 0 Å². The SMILES string of the molecule is CN(C)c1ccc(/C=[N+]2\NC(=O)[C@@H](NC(=O)c3ccc(Cl)cc3)[C@H]2c2ccc(Cl)cc2)cc1. The first-order valence-electron chi connectivity index (χ1n) is 10.3. The van der Waals surface area contributed by atoms with E-state index in [2.05, 4.69) is 10.7 Å². The van der Waals surface area contributed by atoms with Crippen molar-refractivity contribution in [2.24, 2.45) is 0 Å². The van der Waals surface area contributed by atoms with Crippen LogP contribution in [0.4, 0.5) is 5.69 Å². The van der Waals surface area contributed by atoms with Crippen LogP contribution in [0.25, 0.3) is 0 Å². The van der Waals surface area contributed by atoms with Gasteiger partial charge in [-0.15, -0.1) is 10.1 Å². The van der Waals surface area contributed by atoms with Crippen LogP contribution in [0, 0.1) is 0 Å². The summed E-state index contributed by atoms with van der Waals surface area (Å²) in [5, 5.41) is 4.00. The van der Waals surface area contributed by atoms with Crippen LogP contribution in [-0.2, 0) is 4.79 Å². The minimum atomic E-state index is -0.813. The maximum Gasteiger partial charge on any atom is 0.304 e. The third-order valence-electron chi connectivity index (χ3n) is 5.44. The average molecular weight is 482 g/mol. The normalized spacial score (nSPS) is 18.8. The lowest BCUT2D eigenvalue weighted by molar-refractivity contribution is -0.596. The molecule has 0 bridgehead atoms. The van der Waals surface area contributed by atoms with E-state index in [9.17, 15) is 9.59 Å². The van der Waals surface area contributed by atoms with E-state index in [1.54, 1.807) is 41.1 Å². The fourth-order valence-electron chi connectivity index (χ4n) is 3.69. The number of hydrazine groups is 1. The van der Waals surface area contributed by atoms with Crippen LogP contribution in [0.1, 0.15) is 27.5 Å². The van der Waals surface area contributed by atoms with Gasteiger partial charge in [-0.3, -0.25) is 9.59 Å². The summed E-state index contributed by atoms with van der Waals surface area (Å²) < 4.78 is 1.73. The topological polar surface area (TPSA) is 64.5 Å². The van der Waals surface area contributed by atoms with Crippen LogP contribution in [0.15, 0.2) is 72.8 Å². The lowest BCUT2D eigenvalue weighted by Crippen LogP contribution is -2.42. The summed E-state index contributed by atoms with van der Waals surface area (Å²) in [5.74, 6) is -0.665. The summed E-state index contributed by atoms with van der Waals surface area (Å²) in [7, 11) is 3.95. The Balaban J connectivity index is 1.68. The van der Waals surface area contributed by atoms with Crippen molar-refractivity contribution in [3.8, 4) is 0 Å². The number of benzene rings is 3. The predicted octanol–water partition coefficient (Wildman–Crippen LogP) is 4.08. The standard InChI is InChI=1S/C25H22Cl2N4O2/c1-30(2)21-13-3-16(4-14-21)15-31-23(17-5-9-19(26)10-6-17)22(25(33)29-31)28-24(32)18-7-11-20(27)12-8-18/h3-15,22-23H,1-2H3,(H-,28,29,32,33)/p+1/t22-,23+/m0/s1. The fourth-order valence-corrected chi connectivity index (χ4v) is 3.94. The molecule has 33 heavy (non-hydrogen) atoms. The summed E-state index contributed by atoms with van der Waals surface area (Å²) in [6.45, 7) is 0. The van der Waals surface area contributed by atoms with E-state index in [-0.39, 0.29) is 11.8 Å². The molecule has 2 N–H and O–H groups in total. The first-order chi connectivity index (χ1) is 15.8. The van der Waals surface area contributed by atoms with Gasteiger partial charge in [0.25, 0.3) is 5.91 Å². The molecule has 3 aromatic rings. The molecule has 4 rings (SSSR count). The Morgan fingerprint density at radius 1 is 0.939 bits per heavy atom. The summed E-state index contributed by atoms with van der Waals surface area (Å²) >= 11 is 12.0. The third kappa shape index (κ3) is 5.18. The number of anilines is 1. The highest BCUT2D eigenvalue weighted by molar-refractivity contribution is 6.30. The van der Waals surface area contributed by atoms with Crippen molar-refractivity contribution in [3.63, 3.8) is 0 Å². The van der Waals surface area contributed by atoms with Crippen molar-refractivity contribution in [1.29, 1.82) is 0 Å². The lowest BCUT2D eigenvalue weighted by Gasteiger charge is -2.15. The van der Waals surface area contributed by atoms with Crippen LogP contribution in [0.2, 0.25) is 10.0 Å². The van der Waals surface area contributed by atoms with Gasteiger partial charge >= 0.3 is 5.91 Å². The Hall–Kier alpha value is -3.35. The second-order valence-corrected chi connectivity index (χ2v) is 8.83. The Labute approximate surface area is 202 Å². The molecule has 2 amide bonds. The monoisotopic (exact) mass is 481 g/mol. The average Bonchev–Trinajstić information content (AvgIpc) is 3.09. The maximum absolute atomic E-state index is 12.9. The van der Waals surface area contributed by atoms with Gasteiger partial charge in [-0.1, -0.05) is 35.3 Å². The van der Waals surface area contributed by atoms with E-state index in [4.69, 9.17) is 23.2 Å². The zero-order valence-electron chi connectivity index (χ0n) is 18.1. The number of amides is 2. The number of rotatable bonds is 5. The van der Waals surface area contributed by atoms with Crippen LogP contribution < -0.4 is 15.6 Å². The zero-order chi connectivity index (χ0) is 23.5. The van der Waals surface area contributed by atoms with Gasteiger partial charge in [0.15, 0.2) is 6.04 Å². The molecule has 2 atom stereocenters. The van der Waals surface area contributed by atoms with Crippen LogP contribution in [0.5, 0.6) is 0 Å². The number of hydrogen-bond acceptors (Lipinski definition) is 3. The van der Waals surface area contributed by atoms with Crippen molar-refractivity contribution < 1.29 is 14.3 Å². The summed E-state index contributed by atoms with van der Waals surface area (Å²) in [6, 6.07) is 20.4.